The molecule has 64 heavy (non-hydrogen) atoms. The second-order valence-electron chi connectivity index (χ2n) is 20.8. The van der Waals surface area contributed by atoms with Crippen molar-refractivity contribution in [2.24, 2.45) is 34.5 Å². The van der Waals surface area contributed by atoms with Gasteiger partial charge in [0.15, 0.2) is 0 Å². The van der Waals surface area contributed by atoms with Gasteiger partial charge in [-0.2, -0.15) is 0 Å². The molecule has 0 spiro atoms. The molecule has 0 amide bonds. The normalized spacial score (nSPS) is 33.3. The molecule has 0 aliphatic heterocycles. The SMILES string of the molecule is C#C[C@]1(O)CC[C@H]2[C@@H]3CCc4cc(OCc5cn(Cc6cccc(Cn7cc(COc8ccc9c(c8)CC[C@@H]8[C@@H]9CC[C@@]9(C)[C@H]8CC[C@@]9(O)C#C)nn7)c6)nn5)ccc4[C@H]3CC[C@@]21C. The van der Waals surface area contributed by atoms with Gasteiger partial charge in [-0.05, 0) is 170 Å². The van der Waals surface area contributed by atoms with Crippen LogP contribution in [0.15, 0.2) is 73.1 Å². The number of hydrogen-bond donors (Lipinski definition) is 2. The number of ether oxygens (including phenoxy) is 2. The highest BCUT2D eigenvalue weighted by Crippen LogP contribution is 2.65. The van der Waals surface area contributed by atoms with Crippen LogP contribution in [0.3, 0.4) is 0 Å². The maximum atomic E-state index is 11.3. The van der Waals surface area contributed by atoms with Crippen LogP contribution in [0.2, 0.25) is 0 Å². The molecular weight excluding hydrogens is 797 g/mol. The van der Waals surface area contributed by atoms with Crippen LogP contribution in [0.25, 0.3) is 0 Å². The Balaban J connectivity index is 0.664. The third kappa shape index (κ3) is 6.78. The van der Waals surface area contributed by atoms with Gasteiger partial charge < -0.3 is 19.7 Å². The third-order valence-corrected chi connectivity index (χ3v) is 17.8. The summed E-state index contributed by atoms with van der Waals surface area (Å²) in [6.45, 7) is 6.36. The van der Waals surface area contributed by atoms with Gasteiger partial charge in [-0.1, -0.05) is 72.5 Å². The topological polar surface area (TPSA) is 120 Å². The lowest BCUT2D eigenvalue weighted by molar-refractivity contribution is -0.0647. The average molecular weight is 857 g/mol. The van der Waals surface area contributed by atoms with Crippen molar-refractivity contribution in [2.45, 2.75) is 140 Å². The van der Waals surface area contributed by atoms with Crippen molar-refractivity contribution in [1.82, 2.24) is 30.0 Å². The minimum atomic E-state index is -0.972. The zero-order valence-corrected chi connectivity index (χ0v) is 37.3. The van der Waals surface area contributed by atoms with E-state index in [1.807, 2.05) is 21.8 Å². The van der Waals surface area contributed by atoms with Gasteiger partial charge in [0.05, 0.1) is 25.5 Å². The van der Waals surface area contributed by atoms with E-state index in [4.69, 9.17) is 22.3 Å². The summed E-state index contributed by atoms with van der Waals surface area (Å²) in [5, 5.41) is 40.3. The molecule has 4 fully saturated rings. The minimum absolute atomic E-state index is 0.185. The van der Waals surface area contributed by atoms with Gasteiger partial charge in [-0.25, -0.2) is 9.36 Å². The Labute approximate surface area is 377 Å². The van der Waals surface area contributed by atoms with E-state index < -0.39 is 11.2 Å². The van der Waals surface area contributed by atoms with Crippen molar-refractivity contribution in [2.75, 3.05) is 0 Å². The molecular formula is C54H60N6O4. The molecule has 10 heteroatoms. The summed E-state index contributed by atoms with van der Waals surface area (Å²) in [5.41, 5.74) is 7.16. The molecule has 0 radical (unpaired) electrons. The summed E-state index contributed by atoms with van der Waals surface area (Å²) in [5.74, 6) is 10.4. The quantitative estimate of drug-likeness (QED) is 0.134. The molecule has 10 atom stereocenters. The highest BCUT2D eigenvalue weighted by atomic mass is 16.5. The molecule has 4 saturated carbocycles. The maximum absolute atomic E-state index is 11.3. The number of rotatable bonds is 10. The first-order valence-corrected chi connectivity index (χ1v) is 23.8. The summed E-state index contributed by atoms with van der Waals surface area (Å²) in [7, 11) is 0. The number of hydrogen-bond acceptors (Lipinski definition) is 8. The number of aryl methyl sites for hydroxylation is 2. The van der Waals surface area contributed by atoms with Gasteiger partial charge in [-0.3, -0.25) is 0 Å². The smallest absolute Gasteiger partial charge is 0.134 e. The molecule has 2 heterocycles. The van der Waals surface area contributed by atoms with Crippen molar-refractivity contribution < 1.29 is 19.7 Å². The monoisotopic (exact) mass is 856 g/mol. The molecule has 2 aromatic heterocycles. The molecule has 330 valence electrons. The van der Waals surface area contributed by atoms with E-state index in [-0.39, 0.29) is 10.8 Å². The number of nitrogens with zero attached hydrogens (tertiary/aromatic N) is 6. The Morgan fingerprint density at radius 3 is 1.55 bits per heavy atom. The van der Waals surface area contributed by atoms with E-state index in [1.54, 1.807) is 0 Å². The summed E-state index contributed by atoms with van der Waals surface area (Å²) in [4.78, 5) is 0. The fraction of sp³-hybridized carbons (Fsp3) is 0.519. The fourth-order valence-electron chi connectivity index (χ4n) is 14.3. The number of aliphatic hydroxyl groups is 2. The van der Waals surface area contributed by atoms with Crippen LogP contribution >= 0.6 is 0 Å². The van der Waals surface area contributed by atoms with Gasteiger partial charge in [0, 0.05) is 10.8 Å². The Bertz CT molecular complexity index is 2500. The Kier molecular flexibility index (Phi) is 10.1. The first-order chi connectivity index (χ1) is 31.0. The lowest BCUT2D eigenvalue weighted by atomic mass is 9.53. The second-order valence-corrected chi connectivity index (χ2v) is 20.8. The predicted molar refractivity (Wildman–Crippen MR) is 243 cm³/mol. The highest BCUT2D eigenvalue weighted by Gasteiger charge is 2.62. The predicted octanol–water partition coefficient (Wildman–Crippen LogP) is 8.57. The van der Waals surface area contributed by atoms with E-state index >= 15 is 0 Å². The Morgan fingerprint density at radius 1 is 0.625 bits per heavy atom. The fourth-order valence-corrected chi connectivity index (χ4v) is 14.3. The lowest BCUT2D eigenvalue weighted by Gasteiger charge is -2.52. The molecule has 6 aliphatic rings. The molecule has 11 rings (SSSR count). The summed E-state index contributed by atoms with van der Waals surface area (Å²) >= 11 is 0. The molecule has 2 N–H and O–H groups in total. The zero-order chi connectivity index (χ0) is 43.8. The number of fused-ring (bicyclic) bond motifs is 10. The maximum Gasteiger partial charge on any atom is 0.134 e. The van der Waals surface area contributed by atoms with Crippen molar-refractivity contribution in [3.8, 4) is 36.2 Å². The van der Waals surface area contributed by atoms with Crippen LogP contribution in [-0.2, 0) is 39.1 Å². The van der Waals surface area contributed by atoms with Crippen LogP contribution in [0, 0.1) is 59.2 Å². The van der Waals surface area contributed by atoms with Crippen LogP contribution < -0.4 is 9.47 Å². The summed E-state index contributed by atoms with van der Waals surface area (Å²) < 4.78 is 16.3. The minimum Gasteiger partial charge on any atom is -0.487 e. The van der Waals surface area contributed by atoms with Crippen molar-refractivity contribution in [3.05, 3.63) is 118 Å². The van der Waals surface area contributed by atoms with Gasteiger partial charge >= 0.3 is 0 Å². The van der Waals surface area contributed by atoms with Crippen LogP contribution in [0.4, 0.5) is 0 Å². The van der Waals surface area contributed by atoms with Crippen LogP contribution in [0.1, 0.15) is 135 Å². The first kappa shape index (κ1) is 41.3. The van der Waals surface area contributed by atoms with E-state index in [0.717, 1.165) is 111 Å². The van der Waals surface area contributed by atoms with Crippen molar-refractivity contribution >= 4 is 0 Å². The Hall–Kier alpha value is -5.42. The van der Waals surface area contributed by atoms with Gasteiger partial charge in [0.2, 0.25) is 0 Å². The zero-order valence-electron chi connectivity index (χ0n) is 37.3. The van der Waals surface area contributed by atoms with Crippen molar-refractivity contribution in [1.29, 1.82) is 0 Å². The Morgan fingerprint density at radius 2 is 1.09 bits per heavy atom. The number of benzene rings is 3. The van der Waals surface area contributed by atoms with Gasteiger partial charge in [0.1, 0.15) is 47.3 Å². The van der Waals surface area contributed by atoms with Crippen LogP contribution in [-0.4, -0.2) is 51.4 Å². The number of aromatic nitrogens is 6. The first-order valence-electron chi connectivity index (χ1n) is 23.8. The molecule has 6 aliphatic carbocycles. The number of terminal acetylenes is 2. The lowest BCUT2D eigenvalue weighted by Crippen LogP contribution is -2.50. The molecule has 10 nitrogen and oxygen atoms in total. The molecule has 0 unspecified atom stereocenters. The third-order valence-electron chi connectivity index (χ3n) is 17.8. The van der Waals surface area contributed by atoms with Gasteiger partial charge in [-0.15, -0.1) is 23.0 Å². The van der Waals surface area contributed by atoms with Gasteiger partial charge in [0.25, 0.3) is 0 Å². The molecule has 0 saturated heterocycles. The van der Waals surface area contributed by atoms with E-state index in [1.165, 1.54) is 22.3 Å². The molecule has 5 aromatic rings. The highest BCUT2D eigenvalue weighted by molar-refractivity contribution is 5.43. The molecule has 3 aromatic carbocycles. The summed E-state index contributed by atoms with van der Waals surface area (Å²) in [6, 6.07) is 21.7. The largest absolute Gasteiger partial charge is 0.487 e. The standard InChI is InChI=1S/C54H60N6O4/c1-5-53(61)24-20-49-47-14-10-37-27-41(12-16-43(37)45(47)18-22-51(49,53)3)63-33-39-31-59(57-55-39)29-35-8-7-9-36(26-35)30-60-32-40(56-58-60)34-64-42-13-17-44-38(28-42)11-15-48-46(44)19-23-52(4)50(48)21-25-54(52,62)6-2/h1-2,7-9,12-13,16-17,26-28,31-32,45-50,61-62H,10-11,14-15,18-25,29-30,33-34H2,3-4H3/t45-,46-,47-,48-,49+,50+,51+,52+,53+,54+/m1/s1. The van der Waals surface area contributed by atoms with E-state index in [9.17, 15) is 10.2 Å². The van der Waals surface area contributed by atoms with Crippen molar-refractivity contribution in [3.63, 3.8) is 0 Å². The van der Waals surface area contributed by atoms with Crippen LogP contribution in [0.5, 0.6) is 11.5 Å². The average Bonchev–Trinajstić information content (AvgIpc) is 4.09. The van der Waals surface area contributed by atoms with E-state index in [2.05, 4.69) is 107 Å². The molecule has 0 bridgehead atoms. The summed E-state index contributed by atoms with van der Waals surface area (Å²) in [6.07, 6.45) is 27.5. The van der Waals surface area contributed by atoms with E-state index in [0.29, 0.717) is 61.8 Å². The second kappa shape index (κ2) is 15.6.